The zero-order valence-corrected chi connectivity index (χ0v) is 5.08. The lowest BCUT2D eigenvalue weighted by Gasteiger charge is -1.95. The smallest absolute Gasteiger partial charge is 0.250 e. The van der Waals surface area contributed by atoms with Crippen LogP contribution in [0.2, 0.25) is 0 Å². The van der Waals surface area contributed by atoms with Crippen molar-refractivity contribution >= 4 is 10.2 Å². The van der Waals surface area contributed by atoms with Gasteiger partial charge in [0.1, 0.15) is 11.9 Å². The minimum Gasteiger partial charge on any atom is -0.250 e. The lowest BCUT2D eigenvalue weighted by Crippen LogP contribution is -2.13. The van der Waals surface area contributed by atoms with Crippen molar-refractivity contribution in [2.75, 3.05) is 6.67 Å². The fourth-order valence-electron chi connectivity index (χ4n) is 0.0752. The van der Waals surface area contributed by atoms with E-state index in [1.807, 2.05) is 0 Å². The average Bonchev–Trinajstić information content (AvgIpc) is 1.62. The summed E-state index contributed by atoms with van der Waals surface area (Å²) in [5.74, 6) is 0. The summed E-state index contributed by atoms with van der Waals surface area (Å²) >= 11 is 0. The quantitative estimate of drug-likeness (QED) is 0.533. The third-order valence-corrected chi connectivity index (χ3v) is 1.79. The second-order valence-electron chi connectivity index (χ2n) is 1.44. The molecule has 0 fully saturated rings. The average molecular weight is 144 g/mol. The monoisotopic (exact) mass is 144 g/mol. The first kappa shape index (κ1) is 7.81. The van der Waals surface area contributed by atoms with E-state index >= 15 is 0 Å². The molecule has 0 bridgehead atoms. The highest BCUT2D eigenvalue weighted by Crippen LogP contribution is 2.01. The van der Waals surface area contributed by atoms with Crippen LogP contribution in [0.3, 0.4) is 0 Å². The van der Waals surface area contributed by atoms with Crippen LogP contribution in [0.25, 0.3) is 0 Å². The molecule has 0 heterocycles. The molecule has 0 saturated carbocycles. The van der Waals surface area contributed by atoms with Crippen LogP contribution in [0.4, 0.5) is 8.28 Å². The van der Waals surface area contributed by atoms with Gasteiger partial charge < -0.3 is 0 Å². The molecule has 0 radical (unpaired) electrons. The molecule has 2 nitrogen and oxygen atoms in total. The van der Waals surface area contributed by atoms with Gasteiger partial charge in [-0.2, -0.15) is 8.42 Å². The molecule has 0 amide bonds. The number of halogens is 2. The molecule has 0 saturated heterocycles. The molecule has 0 aliphatic rings. The van der Waals surface area contributed by atoms with Gasteiger partial charge in [0.25, 0.3) is 0 Å². The van der Waals surface area contributed by atoms with E-state index in [1.165, 1.54) is 0 Å². The molecule has 0 aromatic rings. The van der Waals surface area contributed by atoms with Crippen LogP contribution >= 0.6 is 0 Å². The summed E-state index contributed by atoms with van der Waals surface area (Å²) in [6.07, 6.45) is 0. The zero-order valence-electron chi connectivity index (χ0n) is 4.27. The van der Waals surface area contributed by atoms with Gasteiger partial charge in [0.15, 0.2) is 0 Å². The van der Waals surface area contributed by atoms with E-state index in [9.17, 15) is 16.7 Å². The Morgan fingerprint density at radius 1 is 1.62 bits per heavy atom. The maximum Gasteiger partial charge on any atom is 0.307 e. The number of hydrogen-bond donors (Lipinski definition) is 0. The molecule has 0 spiro atoms. The van der Waals surface area contributed by atoms with Gasteiger partial charge in [0.05, 0.1) is 0 Å². The molecule has 8 heavy (non-hydrogen) atoms. The van der Waals surface area contributed by atoms with Gasteiger partial charge in [-0.25, -0.2) is 4.39 Å². The summed E-state index contributed by atoms with van der Waals surface area (Å²) in [5, 5.41) is -1.51. The van der Waals surface area contributed by atoms with Crippen LogP contribution < -0.4 is 0 Å². The van der Waals surface area contributed by atoms with Crippen molar-refractivity contribution in [3.8, 4) is 0 Å². The summed E-state index contributed by atoms with van der Waals surface area (Å²) in [4.78, 5) is 0. The molecular formula is C3H6F2O2S. The predicted molar refractivity (Wildman–Crippen MR) is 25.5 cm³/mol. The van der Waals surface area contributed by atoms with E-state index in [1.54, 1.807) is 0 Å². The standard InChI is InChI=1S/C3H6F2O2S/c1-3(2-4)8(5,6)7/h3H,2H2,1H3. The minimum atomic E-state index is -4.63. The SMILES string of the molecule is CC(CF)S(=O)(=O)F. The van der Waals surface area contributed by atoms with E-state index in [-0.39, 0.29) is 0 Å². The Hall–Kier alpha value is -0.190. The third kappa shape index (κ3) is 2.20. The molecule has 1 atom stereocenters. The van der Waals surface area contributed by atoms with Gasteiger partial charge in [-0.15, -0.1) is 3.89 Å². The van der Waals surface area contributed by atoms with Gasteiger partial charge in [0, 0.05) is 0 Å². The van der Waals surface area contributed by atoms with Crippen LogP contribution in [-0.2, 0) is 10.2 Å². The Kier molecular flexibility index (Phi) is 2.33. The van der Waals surface area contributed by atoms with Crippen LogP contribution in [0.15, 0.2) is 0 Å². The molecule has 0 aliphatic heterocycles. The fraction of sp³-hybridized carbons (Fsp3) is 1.00. The molecule has 0 N–H and O–H groups in total. The van der Waals surface area contributed by atoms with Crippen molar-refractivity contribution in [3.05, 3.63) is 0 Å². The van der Waals surface area contributed by atoms with Crippen LogP contribution in [0, 0.1) is 0 Å². The van der Waals surface area contributed by atoms with Crippen LogP contribution in [-0.4, -0.2) is 20.3 Å². The highest BCUT2D eigenvalue weighted by atomic mass is 32.3. The first-order chi connectivity index (χ1) is 3.48. The van der Waals surface area contributed by atoms with E-state index in [4.69, 9.17) is 0 Å². The second-order valence-corrected chi connectivity index (χ2v) is 3.20. The van der Waals surface area contributed by atoms with Crippen molar-refractivity contribution in [1.82, 2.24) is 0 Å². The van der Waals surface area contributed by atoms with Crippen molar-refractivity contribution in [2.24, 2.45) is 0 Å². The Morgan fingerprint density at radius 2 is 2.00 bits per heavy atom. The third-order valence-electron chi connectivity index (χ3n) is 0.698. The Morgan fingerprint density at radius 3 is 2.00 bits per heavy atom. The number of alkyl halides is 1. The Labute approximate surface area is 46.7 Å². The summed E-state index contributed by atoms with van der Waals surface area (Å²) in [6.45, 7) is -0.200. The molecule has 0 aromatic heterocycles. The van der Waals surface area contributed by atoms with Gasteiger partial charge in [0.2, 0.25) is 0 Å². The number of hydrogen-bond acceptors (Lipinski definition) is 2. The minimum absolute atomic E-state index is 0.968. The fourth-order valence-corrected chi connectivity index (χ4v) is 0.226. The second kappa shape index (κ2) is 2.39. The van der Waals surface area contributed by atoms with Crippen molar-refractivity contribution < 1.29 is 16.7 Å². The molecule has 0 aromatic carbocycles. The highest BCUT2D eigenvalue weighted by Gasteiger charge is 2.17. The van der Waals surface area contributed by atoms with Crippen molar-refractivity contribution in [2.45, 2.75) is 12.2 Å². The zero-order chi connectivity index (χ0) is 6.78. The Bertz CT molecular complexity index is 151. The topological polar surface area (TPSA) is 34.1 Å². The maximum absolute atomic E-state index is 11.5. The van der Waals surface area contributed by atoms with Crippen molar-refractivity contribution in [1.29, 1.82) is 0 Å². The highest BCUT2D eigenvalue weighted by molar-refractivity contribution is 7.87. The van der Waals surface area contributed by atoms with Gasteiger partial charge in [-0.1, -0.05) is 0 Å². The predicted octanol–water partition coefficient (Wildman–Crippen LogP) is 0.644. The van der Waals surface area contributed by atoms with Crippen molar-refractivity contribution in [3.63, 3.8) is 0 Å². The number of rotatable bonds is 2. The maximum atomic E-state index is 11.5. The van der Waals surface area contributed by atoms with E-state index in [2.05, 4.69) is 0 Å². The molecule has 50 valence electrons. The normalized spacial score (nSPS) is 15.9. The molecular weight excluding hydrogens is 138 g/mol. The Balaban J connectivity index is 4.04. The lowest BCUT2D eigenvalue weighted by molar-refractivity contribution is 0.461. The van der Waals surface area contributed by atoms with Gasteiger partial charge >= 0.3 is 10.2 Å². The largest absolute Gasteiger partial charge is 0.307 e. The molecule has 1 unspecified atom stereocenters. The van der Waals surface area contributed by atoms with E-state index < -0.39 is 22.1 Å². The van der Waals surface area contributed by atoms with E-state index in [0.29, 0.717) is 0 Å². The van der Waals surface area contributed by atoms with Crippen LogP contribution in [0.1, 0.15) is 6.92 Å². The molecule has 5 heteroatoms. The summed E-state index contributed by atoms with van der Waals surface area (Å²) in [7, 11) is -4.63. The van der Waals surface area contributed by atoms with Crippen LogP contribution in [0.5, 0.6) is 0 Å². The molecule has 0 rings (SSSR count). The lowest BCUT2D eigenvalue weighted by atomic mass is 10.5. The molecule has 0 aliphatic carbocycles. The first-order valence-corrected chi connectivity index (χ1v) is 3.42. The van der Waals surface area contributed by atoms with Gasteiger partial charge in [-0.3, -0.25) is 0 Å². The summed E-state index contributed by atoms with van der Waals surface area (Å²) < 4.78 is 42.1. The first-order valence-electron chi connectivity index (χ1n) is 1.98. The summed E-state index contributed by atoms with van der Waals surface area (Å²) in [6, 6.07) is 0. The summed E-state index contributed by atoms with van der Waals surface area (Å²) in [5.41, 5.74) is 0. The van der Waals surface area contributed by atoms with E-state index in [0.717, 1.165) is 6.92 Å². The van der Waals surface area contributed by atoms with Gasteiger partial charge in [-0.05, 0) is 6.92 Å².